The van der Waals surface area contributed by atoms with Gasteiger partial charge in [0, 0.05) is 29.1 Å². The summed E-state index contributed by atoms with van der Waals surface area (Å²) in [4.78, 5) is 27.0. The normalized spacial score (nSPS) is 10.2. The molecule has 0 saturated carbocycles. The Morgan fingerprint density at radius 1 is 1.07 bits per heavy atom. The monoisotopic (exact) mass is 407 g/mol. The molecule has 30 heavy (non-hydrogen) atoms. The van der Waals surface area contributed by atoms with Crippen LogP contribution in [0.15, 0.2) is 48.5 Å². The van der Waals surface area contributed by atoms with Crippen molar-refractivity contribution in [3.05, 3.63) is 65.4 Å². The number of H-pyrrole nitrogens is 1. The molecule has 8 heteroatoms. The van der Waals surface area contributed by atoms with E-state index in [4.69, 9.17) is 14.7 Å². The summed E-state index contributed by atoms with van der Waals surface area (Å²) in [5.41, 5.74) is 3.68. The molecule has 0 atom stereocenters. The van der Waals surface area contributed by atoms with Crippen molar-refractivity contribution in [2.75, 3.05) is 26.9 Å². The van der Waals surface area contributed by atoms with E-state index in [-0.39, 0.29) is 12.5 Å². The predicted octanol–water partition coefficient (Wildman–Crippen LogP) is 2.09. The van der Waals surface area contributed by atoms with E-state index in [1.54, 1.807) is 36.9 Å². The maximum Gasteiger partial charge on any atom is 0.274 e. The molecule has 2 amide bonds. The van der Waals surface area contributed by atoms with Crippen molar-refractivity contribution in [2.45, 2.75) is 0 Å². The standard InChI is InChI=1S/C22H21N3O5/c1-29-13-14-30-20-17-6-2-3-7-18(17)24-19(20)22(27)23-12-4-5-15-8-10-16(11-9-15)21(26)25-28/h2-3,6-11,24,28H,12-14H2,1H3,(H,23,27)(H,25,26). The van der Waals surface area contributed by atoms with E-state index in [0.29, 0.717) is 35.8 Å². The molecule has 1 heterocycles. The molecule has 3 aromatic rings. The lowest BCUT2D eigenvalue weighted by Gasteiger charge is -2.07. The molecule has 3 rings (SSSR count). The van der Waals surface area contributed by atoms with E-state index in [1.807, 2.05) is 24.3 Å². The third kappa shape index (κ3) is 4.97. The maximum atomic E-state index is 12.6. The molecule has 0 bridgehead atoms. The molecule has 0 aliphatic heterocycles. The topological polar surface area (TPSA) is 113 Å². The lowest BCUT2D eigenvalue weighted by molar-refractivity contribution is 0.0706. The Hall–Kier alpha value is -3.80. The number of fused-ring (bicyclic) bond motifs is 1. The Morgan fingerprint density at radius 2 is 1.83 bits per heavy atom. The molecule has 0 fully saturated rings. The van der Waals surface area contributed by atoms with Crippen molar-refractivity contribution in [2.24, 2.45) is 0 Å². The molecule has 0 aliphatic carbocycles. The second kappa shape index (κ2) is 10.1. The van der Waals surface area contributed by atoms with Crippen LogP contribution in [0.2, 0.25) is 0 Å². The molecule has 0 radical (unpaired) electrons. The Kier molecular flexibility index (Phi) is 7.05. The predicted molar refractivity (Wildman–Crippen MR) is 111 cm³/mol. The molecule has 2 aromatic carbocycles. The highest BCUT2D eigenvalue weighted by Gasteiger charge is 2.18. The van der Waals surface area contributed by atoms with E-state index in [1.165, 1.54) is 0 Å². The Morgan fingerprint density at radius 3 is 2.57 bits per heavy atom. The molecular formula is C22H21N3O5. The Balaban J connectivity index is 1.67. The quantitative estimate of drug-likeness (QED) is 0.207. The first-order chi connectivity index (χ1) is 14.6. The van der Waals surface area contributed by atoms with Crippen molar-refractivity contribution in [3.63, 3.8) is 0 Å². The van der Waals surface area contributed by atoms with Gasteiger partial charge in [-0.25, -0.2) is 5.48 Å². The molecule has 0 saturated heterocycles. The van der Waals surface area contributed by atoms with Gasteiger partial charge in [0.25, 0.3) is 11.8 Å². The minimum absolute atomic E-state index is 0.130. The average Bonchev–Trinajstić information content (AvgIpc) is 3.15. The zero-order valence-electron chi connectivity index (χ0n) is 16.3. The van der Waals surface area contributed by atoms with Crippen LogP contribution in [0.5, 0.6) is 5.75 Å². The lowest BCUT2D eigenvalue weighted by atomic mass is 10.1. The van der Waals surface area contributed by atoms with E-state index < -0.39 is 5.91 Å². The van der Waals surface area contributed by atoms with Crippen LogP contribution < -0.4 is 15.5 Å². The van der Waals surface area contributed by atoms with Gasteiger partial charge in [0.1, 0.15) is 12.3 Å². The first-order valence-corrected chi connectivity index (χ1v) is 9.18. The number of ether oxygens (including phenoxy) is 2. The number of para-hydroxylation sites is 1. The van der Waals surface area contributed by atoms with Gasteiger partial charge in [-0.3, -0.25) is 14.8 Å². The molecule has 1 aromatic heterocycles. The van der Waals surface area contributed by atoms with Gasteiger partial charge in [-0.2, -0.15) is 0 Å². The highest BCUT2D eigenvalue weighted by Crippen LogP contribution is 2.30. The largest absolute Gasteiger partial charge is 0.488 e. The van der Waals surface area contributed by atoms with E-state index in [2.05, 4.69) is 22.1 Å². The molecule has 4 N–H and O–H groups in total. The van der Waals surface area contributed by atoms with Gasteiger partial charge in [-0.1, -0.05) is 24.0 Å². The second-order valence-electron chi connectivity index (χ2n) is 6.22. The summed E-state index contributed by atoms with van der Waals surface area (Å²) in [5.74, 6) is 5.32. The van der Waals surface area contributed by atoms with Crippen molar-refractivity contribution in [3.8, 4) is 17.6 Å². The number of carbonyl (C=O) groups excluding carboxylic acids is 2. The fourth-order valence-electron chi connectivity index (χ4n) is 2.78. The summed E-state index contributed by atoms with van der Waals surface area (Å²) in [6.07, 6.45) is 0. The smallest absolute Gasteiger partial charge is 0.274 e. The summed E-state index contributed by atoms with van der Waals surface area (Å²) in [7, 11) is 1.58. The second-order valence-corrected chi connectivity index (χ2v) is 6.22. The zero-order chi connectivity index (χ0) is 21.3. The minimum atomic E-state index is -0.594. The first kappa shape index (κ1) is 20.9. The minimum Gasteiger partial charge on any atom is -0.488 e. The lowest BCUT2D eigenvalue weighted by Crippen LogP contribution is -2.24. The third-order valence-corrected chi connectivity index (χ3v) is 4.24. The van der Waals surface area contributed by atoms with E-state index >= 15 is 0 Å². The van der Waals surface area contributed by atoms with Crippen LogP contribution in [0.1, 0.15) is 26.4 Å². The van der Waals surface area contributed by atoms with Crippen LogP contribution in [-0.4, -0.2) is 48.9 Å². The van der Waals surface area contributed by atoms with Crippen molar-refractivity contribution < 1.29 is 24.3 Å². The third-order valence-electron chi connectivity index (χ3n) is 4.24. The molecule has 0 spiro atoms. The van der Waals surface area contributed by atoms with Gasteiger partial charge in [0.2, 0.25) is 0 Å². The van der Waals surface area contributed by atoms with Crippen molar-refractivity contribution in [1.29, 1.82) is 0 Å². The summed E-state index contributed by atoms with van der Waals surface area (Å²) >= 11 is 0. The van der Waals surface area contributed by atoms with Gasteiger partial charge in [0.15, 0.2) is 5.75 Å². The van der Waals surface area contributed by atoms with Gasteiger partial charge < -0.3 is 19.8 Å². The zero-order valence-corrected chi connectivity index (χ0v) is 16.3. The Labute approximate surface area is 173 Å². The summed E-state index contributed by atoms with van der Waals surface area (Å²) in [6.45, 7) is 0.859. The van der Waals surface area contributed by atoms with Crippen LogP contribution in [0.25, 0.3) is 10.9 Å². The van der Waals surface area contributed by atoms with Crippen molar-refractivity contribution >= 4 is 22.7 Å². The van der Waals surface area contributed by atoms with Crippen LogP contribution in [0.3, 0.4) is 0 Å². The SMILES string of the molecule is COCCOc1c(C(=O)NCC#Cc2ccc(C(=O)NO)cc2)[nH]c2ccccc12. The number of hydroxylamine groups is 1. The van der Waals surface area contributed by atoms with Crippen LogP contribution in [0.4, 0.5) is 0 Å². The molecule has 154 valence electrons. The fraction of sp³-hybridized carbons (Fsp3) is 0.182. The summed E-state index contributed by atoms with van der Waals surface area (Å²) in [5, 5.41) is 12.2. The number of benzene rings is 2. The number of hydrogen-bond donors (Lipinski definition) is 4. The molecule has 0 unspecified atom stereocenters. The average molecular weight is 407 g/mol. The van der Waals surface area contributed by atoms with E-state index in [9.17, 15) is 9.59 Å². The van der Waals surface area contributed by atoms with Crippen LogP contribution >= 0.6 is 0 Å². The number of rotatable bonds is 7. The summed E-state index contributed by atoms with van der Waals surface area (Å²) < 4.78 is 10.8. The number of nitrogens with one attached hydrogen (secondary N) is 3. The number of carbonyl (C=O) groups is 2. The maximum absolute atomic E-state index is 12.6. The molecular weight excluding hydrogens is 386 g/mol. The number of amides is 2. The number of aromatic nitrogens is 1. The number of methoxy groups -OCH3 is 1. The highest BCUT2D eigenvalue weighted by atomic mass is 16.5. The van der Waals surface area contributed by atoms with Crippen LogP contribution in [-0.2, 0) is 4.74 Å². The van der Waals surface area contributed by atoms with Crippen molar-refractivity contribution in [1.82, 2.24) is 15.8 Å². The number of aromatic amines is 1. The number of hydrogen-bond acceptors (Lipinski definition) is 5. The van der Waals surface area contributed by atoms with E-state index in [0.717, 1.165) is 10.9 Å². The molecule has 0 aliphatic rings. The fourth-order valence-corrected chi connectivity index (χ4v) is 2.78. The molecule has 8 nitrogen and oxygen atoms in total. The first-order valence-electron chi connectivity index (χ1n) is 9.18. The van der Waals surface area contributed by atoms with Gasteiger partial charge >= 0.3 is 0 Å². The van der Waals surface area contributed by atoms with Gasteiger partial charge in [-0.05, 0) is 36.4 Å². The van der Waals surface area contributed by atoms with Gasteiger partial charge in [-0.15, -0.1) is 0 Å². The summed E-state index contributed by atoms with van der Waals surface area (Å²) in [6, 6.07) is 13.9. The highest BCUT2D eigenvalue weighted by molar-refractivity contribution is 6.03. The van der Waals surface area contributed by atoms with Gasteiger partial charge in [0.05, 0.1) is 13.2 Å². The van der Waals surface area contributed by atoms with Crippen LogP contribution in [0, 0.1) is 11.8 Å². The Bertz CT molecular complexity index is 1090.